The van der Waals surface area contributed by atoms with E-state index < -0.39 is 41.4 Å². The van der Waals surface area contributed by atoms with Crippen molar-refractivity contribution in [2.45, 2.75) is 19.3 Å². The highest BCUT2D eigenvalue weighted by Gasteiger charge is 2.41. The minimum atomic E-state index is -4.70. The molecule has 1 unspecified atom stereocenters. The van der Waals surface area contributed by atoms with E-state index in [4.69, 9.17) is 9.47 Å². The summed E-state index contributed by atoms with van der Waals surface area (Å²) in [6, 6.07) is 10.4. The summed E-state index contributed by atoms with van der Waals surface area (Å²) in [5, 5.41) is 0. The fraction of sp³-hybridized carbons (Fsp3) is 0.286. The van der Waals surface area contributed by atoms with Crippen molar-refractivity contribution in [2.75, 3.05) is 43.1 Å². The molecule has 216 valence electrons. The van der Waals surface area contributed by atoms with Crippen LogP contribution >= 0.6 is 0 Å². The van der Waals surface area contributed by atoms with Gasteiger partial charge in [-0.2, -0.15) is 13.2 Å². The predicted octanol–water partition coefficient (Wildman–Crippen LogP) is 6.02. The number of carbonyl (C=O) groups excluding carboxylic acids is 1. The van der Waals surface area contributed by atoms with Gasteiger partial charge in [0.1, 0.15) is 17.3 Å². The van der Waals surface area contributed by atoms with Gasteiger partial charge in [-0.3, -0.25) is 9.69 Å². The maximum absolute atomic E-state index is 15.0. The average Bonchev–Trinajstić information content (AvgIpc) is 2.94. The standard InChI is InChI=1S/C28H24F6N4O3/c1-16(39)41-26-19-4-3-5-21(30)25(19)35-27(38(26)23-14-17(28(32,33)34)6-9-24(23)40-2)37-12-10-36(11-13-37)18-7-8-20(29)22(31)15-18/h3-9,14-15,26H,10-13H2,1-2H3. The third-order valence-corrected chi connectivity index (χ3v) is 6.82. The largest absolute Gasteiger partial charge is 0.495 e. The van der Waals surface area contributed by atoms with Crippen molar-refractivity contribution < 1.29 is 40.6 Å². The molecule has 1 atom stereocenters. The molecule has 2 aliphatic heterocycles. The molecule has 3 aromatic carbocycles. The van der Waals surface area contributed by atoms with Crippen molar-refractivity contribution in [2.24, 2.45) is 4.99 Å². The zero-order valence-corrected chi connectivity index (χ0v) is 21.9. The van der Waals surface area contributed by atoms with Gasteiger partial charge in [0.05, 0.1) is 18.4 Å². The Kier molecular flexibility index (Phi) is 7.45. The first-order valence-corrected chi connectivity index (χ1v) is 12.5. The van der Waals surface area contributed by atoms with Crippen LogP contribution in [0.5, 0.6) is 5.75 Å². The van der Waals surface area contributed by atoms with Gasteiger partial charge in [0.2, 0.25) is 12.2 Å². The van der Waals surface area contributed by atoms with Crippen LogP contribution in [0.25, 0.3) is 0 Å². The number of halogens is 6. The molecule has 0 radical (unpaired) electrons. The number of ether oxygens (including phenoxy) is 2. The first-order chi connectivity index (χ1) is 19.5. The molecule has 7 nitrogen and oxygen atoms in total. The second-order valence-corrected chi connectivity index (χ2v) is 9.38. The van der Waals surface area contributed by atoms with Crippen molar-refractivity contribution in [1.29, 1.82) is 0 Å². The SMILES string of the molecule is COc1ccc(C(F)(F)F)cc1N1C(N2CCN(c3ccc(F)c(F)c3)CC2)=Nc2c(F)cccc2C1OC(C)=O. The van der Waals surface area contributed by atoms with Crippen molar-refractivity contribution in [3.63, 3.8) is 0 Å². The van der Waals surface area contributed by atoms with Gasteiger partial charge in [-0.25, -0.2) is 18.2 Å². The number of methoxy groups -OCH3 is 1. The second-order valence-electron chi connectivity index (χ2n) is 9.38. The number of para-hydroxylation sites is 1. The van der Waals surface area contributed by atoms with Crippen molar-refractivity contribution in [3.05, 3.63) is 83.2 Å². The maximum atomic E-state index is 15.0. The lowest BCUT2D eigenvalue weighted by atomic mass is 10.1. The van der Waals surface area contributed by atoms with Gasteiger partial charge in [0.15, 0.2) is 11.6 Å². The minimum absolute atomic E-state index is 0.0245. The molecule has 0 aromatic heterocycles. The number of aliphatic imine (C=N–C) groups is 1. The number of nitrogens with zero attached hydrogens (tertiary/aromatic N) is 4. The summed E-state index contributed by atoms with van der Waals surface area (Å²) in [6.07, 6.45) is -6.09. The molecule has 1 saturated heterocycles. The number of alkyl halides is 3. The number of rotatable bonds is 4. The normalized spacial score (nSPS) is 17.2. The summed E-state index contributed by atoms with van der Waals surface area (Å²) < 4.78 is 94.7. The molecule has 2 aliphatic rings. The van der Waals surface area contributed by atoms with Gasteiger partial charge in [-0.05, 0) is 36.4 Å². The molecule has 41 heavy (non-hydrogen) atoms. The Labute approximate surface area is 231 Å². The first kappa shape index (κ1) is 28.1. The monoisotopic (exact) mass is 578 g/mol. The lowest BCUT2D eigenvalue weighted by molar-refractivity contribution is -0.146. The molecule has 1 fully saturated rings. The van der Waals surface area contributed by atoms with E-state index in [9.17, 15) is 26.7 Å². The fourth-order valence-corrected chi connectivity index (χ4v) is 4.88. The zero-order chi connectivity index (χ0) is 29.5. The summed E-state index contributed by atoms with van der Waals surface area (Å²) in [5.74, 6) is -3.40. The van der Waals surface area contributed by atoms with E-state index in [0.717, 1.165) is 37.3 Å². The van der Waals surface area contributed by atoms with Crippen LogP contribution in [-0.4, -0.2) is 50.1 Å². The number of esters is 1. The summed E-state index contributed by atoms with van der Waals surface area (Å²) >= 11 is 0. The number of piperazine rings is 1. The third-order valence-electron chi connectivity index (χ3n) is 6.82. The van der Waals surface area contributed by atoms with E-state index in [-0.39, 0.29) is 41.7 Å². The quantitative estimate of drug-likeness (QED) is 0.279. The minimum Gasteiger partial charge on any atom is -0.495 e. The third kappa shape index (κ3) is 5.48. The molecule has 0 bridgehead atoms. The van der Waals surface area contributed by atoms with Crippen molar-refractivity contribution in [3.8, 4) is 5.75 Å². The lowest BCUT2D eigenvalue weighted by Gasteiger charge is -2.44. The van der Waals surface area contributed by atoms with Gasteiger partial charge < -0.3 is 19.3 Å². The molecular weight excluding hydrogens is 554 g/mol. The Morgan fingerprint density at radius 3 is 2.24 bits per heavy atom. The number of carbonyl (C=O) groups is 1. The number of fused-ring (bicyclic) bond motifs is 1. The molecule has 0 spiro atoms. The van der Waals surface area contributed by atoms with E-state index in [2.05, 4.69) is 4.99 Å². The summed E-state index contributed by atoms with van der Waals surface area (Å²) in [4.78, 5) is 21.5. The van der Waals surface area contributed by atoms with Gasteiger partial charge in [-0.1, -0.05) is 12.1 Å². The molecule has 3 aromatic rings. The predicted molar refractivity (Wildman–Crippen MR) is 139 cm³/mol. The number of anilines is 2. The van der Waals surface area contributed by atoms with Crippen LogP contribution in [0.3, 0.4) is 0 Å². The van der Waals surface area contributed by atoms with E-state index in [1.807, 2.05) is 0 Å². The molecule has 5 rings (SSSR count). The van der Waals surface area contributed by atoms with Crippen LogP contribution in [0.15, 0.2) is 59.6 Å². The Balaban J connectivity index is 1.61. The highest BCUT2D eigenvalue weighted by atomic mass is 19.4. The summed E-state index contributed by atoms with van der Waals surface area (Å²) in [7, 11) is 1.28. The average molecular weight is 579 g/mol. The van der Waals surface area contributed by atoms with Gasteiger partial charge in [0, 0.05) is 50.4 Å². The molecule has 0 aliphatic carbocycles. The van der Waals surface area contributed by atoms with Crippen LogP contribution in [0.4, 0.5) is 43.4 Å². The number of hydrogen-bond acceptors (Lipinski definition) is 7. The highest BCUT2D eigenvalue weighted by molar-refractivity contribution is 6.02. The molecular formula is C28H24F6N4O3. The van der Waals surface area contributed by atoms with Crippen LogP contribution in [0, 0.1) is 17.5 Å². The number of guanidine groups is 1. The van der Waals surface area contributed by atoms with Crippen LogP contribution < -0.4 is 14.5 Å². The maximum Gasteiger partial charge on any atom is 0.416 e. The smallest absolute Gasteiger partial charge is 0.416 e. The topological polar surface area (TPSA) is 57.6 Å². The van der Waals surface area contributed by atoms with E-state index in [0.29, 0.717) is 18.8 Å². The van der Waals surface area contributed by atoms with Gasteiger partial charge in [-0.15, -0.1) is 0 Å². The highest BCUT2D eigenvalue weighted by Crippen LogP contribution is 2.45. The van der Waals surface area contributed by atoms with Gasteiger partial charge >= 0.3 is 12.1 Å². The number of hydrogen-bond donors (Lipinski definition) is 0. The van der Waals surface area contributed by atoms with Crippen molar-refractivity contribution >= 4 is 29.0 Å². The van der Waals surface area contributed by atoms with Crippen LogP contribution in [0.2, 0.25) is 0 Å². The Morgan fingerprint density at radius 1 is 0.902 bits per heavy atom. The van der Waals surface area contributed by atoms with E-state index in [1.165, 1.54) is 36.3 Å². The molecule has 0 amide bonds. The molecule has 0 N–H and O–H groups in total. The number of benzene rings is 3. The molecule has 2 heterocycles. The fourth-order valence-electron chi connectivity index (χ4n) is 4.88. The first-order valence-electron chi connectivity index (χ1n) is 12.5. The Bertz CT molecular complexity index is 1500. The van der Waals surface area contributed by atoms with E-state index >= 15 is 4.39 Å². The summed E-state index contributed by atoms with van der Waals surface area (Å²) in [5.41, 5.74) is -0.643. The second kappa shape index (κ2) is 10.9. The molecule has 13 heteroatoms. The van der Waals surface area contributed by atoms with Crippen LogP contribution in [-0.2, 0) is 15.7 Å². The zero-order valence-electron chi connectivity index (χ0n) is 21.9. The van der Waals surface area contributed by atoms with Gasteiger partial charge in [0.25, 0.3) is 0 Å². The van der Waals surface area contributed by atoms with E-state index in [1.54, 1.807) is 9.80 Å². The lowest BCUT2D eigenvalue weighted by Crippen LogP contribution is -2.55. The molecule has 0 saturated carbocycles. The summed E-state index contributed by atoms with van der Waals surface area (Å²) in [6.45, 7) is 2.14. The Morgan fingerprint density at radius 2 is 1.61 bits per heavy atom. The van der Waals surface area contributed by atoms with Crippen LogP contribution in [0.1, 0.15) is 24.3 Å². The van der Waals surface area contributed by atoms with Crippen molar-refractivity contribution in [1.82, 2.24) is 4.90 Å². The Hall–Kier alpha value is -4.42.